The van der Waals surface area contributed by atoms with E-state index >= 15 is 0 Å². The number of rotatable bonds is 2. The van der Waals surface area contributed by atoms with Crippen molar-refractivity contribution in [3.05, 3.63) is 48.4 Å². The average molecular weight is 236 g/mol. The zero-order valence-corrected chi connectivity index (χ0v) is 9.29. The van der Waals surface area contributed by atoms with Gasteiger partial charge in [0.1, 0.15) is 17.5 Å². The lowest BCUT2D eigenvalue weighted by Crippen LogP contribution is -1.83. The minimum atomic E-state index is 0.292. The maximum Gasteiger partial charge on any atom is 0.190 e. The molecule has 2 heterocycles. The summed E-state index contributed by atoms with van der Waals surface area (Å²) in [7, 11) is 0. The van der Waals surface area contributed by atoms with E-state index in [0.29, 0.717) is 11.4 Å². The summed E-state index contributed by atoms with van der Waals surface area (Å²) in [6, 6.07) is 13.3. The summed E-state index contributed by atoms with van der Waals surface area (Å²) < 4.78 is 5.31. The van der Waals surface area contributed by atoms with Crippen LogP contribution in [0.3, 0.4) is 0 Å². The van der Waals surface area contributed by atoms with Crippen molar-refractivity contribution in [1.82, 2.24) is 15.4 Å². The molecule has 18 heavy (non-hydrogen) atoms. The summed E-state index contributed by atoms with van der Waals surface area (Å²) in [5.74, 6) is 0.808. The van der Waals surface area contributed by atoms with Crippen LogP contribution in [-0.2, 0) is 0 Å². The molecule has 0 spiro atoms. The average Bonchev–Trinajstić information content (AvgIpc) is 3.10. The number of H-pyrrole nitrogens is 1. The minimum Gasteiger partial charge on any atom is -0.464 e. The van der Waals surface area contributed by atoms with Gasteiger partial charge < -0.3 is 4.42 Å². The monoisotopic (exact) mass is 236 g/mol. The third kappa shape index (κ3) is 1.66. The molecule has 0 aliphatic rings. The number of hydrogen-bond acceptors (Lipinski definition) is 4. The van der Waals surface area contributed by atoms with Crippen LogP contribution in [0.15, 0.2) is 47.1 Å². The number of nitriles is 1. The van der Waals surface area contributed by atoms with E-state index in [4.69, 9.17) is 9.68 Å². The lowest BCUT2D eigenvalue weighted by molar-refractivity contribution is 0.582. The molecular weight excluding hydrogens is 228 g/mol. The van der Waals surface area contributed by atoms with Crippen LogP contribution in [0.2, 0.25) is 0 Å². The Bertz CT molecular complexity index is 689. The predicted octanol–water partition coefficient (Wildman–Crippen LogP) is 2.60. The number of hydrogen-bond donors (Lipinski definition) is 1. The van der Waals surface area contributed by atoms with Crippen LogP contribution in [0.4, 0.5) is 0 Å². The number of furan rings is 1. The smallest absolute Gasteiger partial charge is 0.190 e. The Balaban J connectivity index is 2.00. The van der Waals surface area contributed by atoms with Crippen LogP contribution in [0.1, 0.15) is 5.69 Å². The maximum absolute atomic E-state index is 8.89. The molecule has 0 atom stereocenters. The van der Waals surface area contributed by atoms with Crippen LogP contribution < -0.4 is 0 Å². The lowest BCUT2D eigenvalue weighted by atomic mass is 10.1. The zero-order chi connectivity index (χ0) is 12.4. The third-order valence-corrected chi connectivity index (χ3v) is 2.62. The second-order valence-corrected chi connectivity index (χ2v) is 3.69. The molecular formula is C13H8N4O. The van der Waals surface area contributed by atoms with Crippen molar-refractivity contribution in [2.75, 3.05) is 0 Å². The van der Waals surface area contributed by atoms with Crippen molar-refractivity contribution in [3.63, 3.8) is 0 Å². The molecule has 3 aromatic rings. The largest absolute Gasteiger partial charge is 0.464 e. The van der Waals surface area contributed by atoms with Gasteiger partial charge >= 0.3 is 0 Å². The van der Waals surface area contributed by atoms with E-state index in [1.54, 1.807) is 6.26 Å². The fourth-order valence-electron chi connectivity index (χ4n) is 1.75. The molecule has 0 aliphatic heterocycles. The lowest BCUT2D eigenvalue weighted by Gasteiger charge is -1.99. The molecule has 0 radical (unpaired) electrons. The van der Waals surface area contributed by atoms with Crippen LogP contribution >= 0.6 is 0 Å². The Morgan fingerprint density at radius 2 is 1.83 bits per heavy atom. The van der Waals surface area contributed by atoms with Crippen LogP contribution in [-0.4, -0.2) is 15.4 Å². The van der Waals surface area contributed by atoms with Crippen LogP contribution in [0.5, 0.6) is 0 Å². The second-order valence-electron chi connectivity index (χ2n) is 3.69. The molecule has 0 bridgehead atoms. The summed E-state index contributed by atoms with van der Waals surface area (Å²) in [6.07, 6.45) is 1.63. The predicted molar refractivity (Wildman–Crippen MR) is 64.2 cm³/mol. The molecule has 1 aromatic carbocycles. The van der Waals surface area contributed by atoms with E-state index in [1.807, 2.05) is 42.5 Å². The number of nitrogens with one attached hydrogen (secondary N) is 1. The highest BCUT2D eigenvalue weighted by molar-refractivity contribution is 5.68. The van der Waals surface area contributed by atoms with Crippen molar-refractivity contribution in [3.8, 4) is 28.7 Å². The first-order chi connectivity index (χ1) is 8.88. The van der Waals surface area contributed by atoms with Gasteiger partial charge in [-0.25, -0.2) is 0 Å². The molecule has 0 saturated carbocycles. The van der Waals surface area contributed by atoms with Crippen LogP contribution in [0.25, 0.3) is 22.6 Å². The maximum atomic E-state index is 8.89. The van der Waals surface area contributed by atoms with E-state index in [0.717, 1.165) is 16.9 Å². The molecule has 0 amide bonds. The molecule has 0 saturated heterocycles. The van der Waals surface area contributed by atoms with Gasteiger partial charge in [0.05, 0.1) is 6.26 Å². The molecule has 86 valence electrons. The van der Waals surface area contributed by atoms with E-state index in [2.05, 4.69) is 15.4 Å². The van der Waals surface area contributed by atoms with E-state index in [-0.39, 0.29) is 0 Å². The van der Waals surface area contributed by atoms with Gasteiger partial charge in [0, 0.05) is 11.1 Å². The number of benzene rings is 1. The minimum absolute atomic E-state index is 0.292. The molecule has 3 rings (SSSR count). The molecule has 1 N–H and O–H groups in total. The fourth-order valence-corrected chi connectivity index (χ4v) is 1.75. The molecule has 2 aromatic heterocycles. The van der Waals surface area contributed by atoms with Gasteiger partial charge in [-0.15, -0.1) is 5.10 Å². The van der Waals surface area contributed by atoms with Gasteiger partial charge in [0.25, 0.3) is 0 Å². The van der Waals surface area contributed by atoms with E-state index in [9.17, 15) is 0 Å². The van der Waals surface area contributed by atoms with Crippen molar-refractivity contribution in [2.24, 2.45) is 0 Å². The summed E-state index contributed by atoms with van der Waals surface area (Å²) in [6.45, 7) is 0. The number of aromatic nitrogens is 3. The summed E-state index contributed by atoms with van der Waals surface area (Å²) >= 11 is 0. The van der Waals surface area contributed by atoms with Crippen molar-refractivity contribution in [2.45, 2.75) is 0 Å². The Kier molecular flexibility index (Phi) is 2.39. The fraction of sp³-hybridized carbons (Fsp3) is 0. The van der Waals surface area contributed by atoms with Gasteiger partial charge in [0.2, 0.25) is 0 Å². The van der Waals surface area contributed by atoms with Gasteiger partial charge in [-0.2, -0.15) is 15.6 Å². The van der Waals surface area contributed by atoms with E-state index in [1.165, 1.54) is 0 Å². The standard InChI is InChI=1S/C13H8N4O/c14-8-11-13(16-17-15-11)10-5-3-9(4-6-10)12-2-1-7-18-12/h1-7H,(H,15,16,17). The molecule has 0 aliphatic carbocycles. The topological polar surface area (TPSA) is 78.5 Å². The van der Waals surface area contributed by atoms with Crippen molar-refractivity contribution >= 4 is 0 Å². The SMILES string of the molecule is N#Cc1n[nH]nc1-c1ccc(-c2ccco2)cc1. The van der Waals surface area contributed by atoms with Gasteiger partial charge in [-0.3, -0.25) is 0 Å². The first-order valence-electron chi connectivity index (χ1n) is 5.33. The normalized spacial score (nSPS) is 10.2. The zero-order valence-electron chi connectivity index (χ0n) is 9.29. The van der Waals surface area contributed by atoms with E-state index < -0.39 is 0 Å². The summed E-state index contributed by atoms with van der Waals surface area (Å²) in [5, 5.41) is 19.1. The van der Waals surface area contributed by atoms with Gasteiger partial charge in [-0.05, 0) is 12.1 Å². The van der Waals surface area contributed by atoms with Gasteiger partial charge in [0.15, 0.2) is 5.69 Å². The first kappa shape index (κ1) is 10.3. The highest BCUT2D eigenvalue weighted by atomic mass is 16.3. The molecule has 0 unspecified atom stereocenters. The Labute approximate surface area is 103 Å². The molecule has 5 nitrogen and oxygen atoms in total. The Morgan fingerprint density at radius 3 is 2.50 bits per heavy atom. The quantitative estimate of drug-likeness (QED) is 0.741. The van der Waals surface area contributed by atoms with Crippen molar-refractivity contribution in [1.29, 1.82) is 5.26 Å². The number of nitrogens with zero attached hydrogens (tertiary/aromatic N) is 3. The molecule has 5 heteroatoms. The number of aromatic amines is 1. The van der Waals surface area contributed by atoms with Crippen LogP contribution in [0, 0.1) is 11.3 Å². The second kappa shape index (κ2) is 4.18. The third-order valence-electron chi connectivity index (χ3n) is 2.62. The first-order valence-corrected chi connectivity index (χ1v) is 5.33. The molecule has 0 fully saturated rings. The van der Waals surface area contributed by atoms with Gasteiger partial charge in [-0.1, -0.05) is 24.3 Å². The highest BCUT2D eigenvalue weighted by Gasteiger charge is 2.09. The van der Waals surface area contributed by atoms with Crippen molar-refractivity contribution < 1.29 is 4.42 Å². The Hall–Kier alpha value is -2.87. The summed E-state index contributed by atoms with van der Waals surface area (Å²) in [5.41, 5.74) is 2.67. The highest BCUT2D eigenvalue weighted by Crippen LogP contribution is 2.24. The summed E-state index contributed by atoms with van der Waals surface area (Å²) in [4.78, 5) is 0. The Morgan fingerprint density at radius 1 is 1.06 bits per heavy atom.